The predicted molar refractivity (Wildman–Crippen MR) is 110 cm³/mol. The summed E-state index contributed by atoms with van der Waals surface area (Å²) in [7, 11) is 0. The smallest absolute Gasteiger partial charge is 0.339 e. The lowest BCUT2D eigenvalue weighted by Gasteiger charge is -2.17. The molecule has 1 aromatic heterocycles. The van der Waals surface area contributed by atoms with Crippen molar-refractivity contribution < 1.29 is 23.8 Å². The van der Waals surface area contributed by atoms with Crippen LogP contribution in [-0.4, -0.2) is 29.1 Å². The van der Waals surface area contributed by atoms with Gasteiger partial charge in [-0.15, -0.1) is 0 Å². The first-order valence-corrected chi connectivity index (χ1v) is 10.0. The molecule has 1 amide bonds. The molecule has 158 valence electrons. The summed E-state index contributed by atoms with van der Waals surface area (Å²) in [6.07, 6.45) is 4.12. The monoisotopic (exact) mass is 403 g/mol. The Morgan fingerprint density at radius 3 is 2.59 bits per heavy atom. The summed E-state index contributed by atoms with van der Waals surface area (Å²) in [6, 6.07) is 4.08. The second-order valence-electron chi connectivity index (χ2n) is 7.29. The second-order valence-corrected chi connectivity index (χ2v) is 7.29. The van der Waals surface area contributed by atoms with Crippen LogP contribution in [0.4, 0.5) is 0 Å². The molecule has 2 N–H and O–H groups in total. The number of carboxylic acid groups (broad SMARTS) is 1. The third kappa shape index (κ3) is 5.82. The summed E-state index contributed by atoms with van der Waals surface area (Å²) in [5.41, 5.74) is 1.66. The molecule has 7 heteroatoms. The van der Waals surface area contributed by atoms with Crippen LogP contribution < -0.4 is 15.7 Å². The van der Waals surface area contributed by atoms with E-state index >= 15 is 0 Å². The van der Waals surface area contributed by atoms with Crippen molar-refractivity contribution in [2.24, 2.45) is 0 Å². The van der Waals surface area contributed by atoms with E-state index in [1.807, 2.05) is 13.0 Å². The largest absolute Gasteiger partial charge is 0.481 e. The number of rotatable bonds is 10. The molecule has 0 aliphatic rings. The number of hydrogen-bond acceptors (Lipinski definition) is 5. The van der Waals surface area contributed by atoms with E-state index in [-0.39, 0.29) is 5.63 Å². The first-order chi connectivity index (χ1) is 13.7. The Bertz CT molecular complexity index is 933. The van der Waals surface area contributed by atoms with E-state index in [1.165, 1.54) is 13.8 Å². The number of carboxylic acids is 1. The molecule has 2 atom stereocenters. The van der Waals surface area contributed by atoms with Gasteiger partial charge in [-0.05, 0) is 51.3 Å². The second kappa shape index (κ2) is 10.1. The number of hydrogen-bond donors (Lipinski definition) is 2. The lowest BCUT2D eigenvalue weighted by molar-refractivity contribution is -0.142. The van der Waals surface area contributed by atoms with Crippen molar-refractivity contribution >= 4 is 22.8 Å². The molecule has 0 bridgehead atoms. The van der Waals surface area contributed by atoms with Crippen molar-refractivity contribution in [3.05, 3.63) is 39.7 Å². The van der Waals surface area contributed by atoms with E-state index in [1.54, 1.807) is 12.1 Å². The normalized spacial score (nSPS) is 13.1. The highest BCUT2D eigenvalue weighted by Gasteiger charge is 2.20. The lowest BCUT2D eigenvalue weighted by atomic mass is 10.0. The highest BCUT2D eigenvalue weighted by molar-refractivity contribution is 5.86. The van der Waals surface area contributed by atoms with Crippen LogP contribution in [0.25, 0.3) is 11.0 Å². The molecule has 0 fully saturated rings. The molecule has 0 radical (unpaired) electrons. The van der Waals surface area contributed by atoms with Gasteiger partial charge in [-0.25, -0.2) is 4.79 Å². The highest BCUT2D eigenvalue weighted by atomic mass is 16.5. The summed E-state index contributed by atoms with van der Waals surface area (Å²) in [6.45, 7) is 6.96. The topological polar surface area (TPSA) is 106 Å². The zero-order valence-electron chi connectivity index (χ0n) is 17.4. The Hall–Kier alpha value is -2.83. The van der Waals surface area contributed by atoms with Gasteiger partial charge in [0.2, 0.25) is 0 Å². The zero-order chi connectivity index (χ0) is 21.6. The maximum absolute atomic E-state index is 12.4. The maximum Gasteiger partial charge on any atom is 0.339 e. The molecule has 0 aliphatic carbocycles. The van der Waals surface area contributed by atoms with Crippen LogP contribution in [-0.2, 0) is 16.0 Å². The zero-order valence-corrected chi connectivity index (χ0v) is 17.4. The molecule has 2 aromatic rings. The van der Waals surface area contributed by atoms with Crippen molar-refractivity contribution in [2.75, 3.05) is 0 Å². The van der Waals surface area contributed by atoms with Gasteiger partial charge in [0.15, 0.2) is 6.10 Å². The molecule has 2 rings (SSSR count). The molecule has 2 unspecified atom stereocenters. The van der Waals surface area contributed by atoms with Gasteiger partial charge < -0.3 is 19.6 Å². The Morgan fingerprint density at radius 1 is 1.21 bits per heavy atom. The summed E-state index contributed by atoms with van der Waals surface area (Å²) in [5.74, 6) is -1.31. The Labute approximate surface area is 170 Å². The van der Waals surface area contributed by atoms with Crippen molar-refractivity contribution in [1.82, 2.24) is 5.32 Å². The van der Waals surface area contributed by atoms with Crippen LogP contribution in [0.2, 0.25) is 0 Å². The van der Waals surface area contributed by atoms with Gasteiger partial charge in [0, 0.05) is 17.0 Å². The van der Waals surface area contributed by atoms with Crippen molar-refractivity contribution in [1.29, 1.82) is 0 Å². The van der Waals surface area contributed by atoms with Crippen LogP contribution in [0, 0.1) is 6.92 Å². The van der Waals surface area contributed by atoms with Crippen molar-refractivity contribution in [3.8, 4) is 5.75 Å². The third-order valence-electron chi connectivity index (χ3n) is 4.95. The molecule has 0 saturated carbocycles. The van der Waals surface area contributed by atoms with Crippen molar-refractivity contribution in [3.63, 3.8) is 0 Å². The molecule has 0 spiro atoms. The number of nitrogens with one attached hydrogen (secondary N) is 1. The van der Waals surface area contributed by atoms with Gasteiger partial charge in [0.25, 0.3) is 5.91 Å². The molecule has 1 aromatic carbocycles. The maximum atomic E-state index is 12.4. The van der Waals surface area contributed by atoms with Gasteiger partial charge in [-0.3, -0.25) is 9.59 Å². The average molecular weight is 403 g/mol. The molecular formula is C22H29NO6. The minimum atomic E-state index is -1.13. The standard InChI is InChI=1S/C22H29NO6/c1-5-6-7-8-9-18-13(2)17-11-10-16(12-19(17)29-22(18)27)28-15(4)20(24)23-14(3)21(25)26/h10-12,14-15H,5-9H2,1-4H3,(H,23,24)(H,25,26). The van der Waals surface area contributed by atoms with Crippen molar-refractivity contribution in [2.45, 2.75) is 71.9 Å². The highest BCUT2D eigenvalue weighted by Crippen LogP contribution is 2.25. The number of benzene rings is 1. The predicted octanol–water partition coefficient (Wildman–Crippen LogP) is 3.58. The first-order valence-electron chi connectivity index (χ1n) is 10.0. The van der Waals surface area contributed by atoms with Crippen LogP contribution in [0.15, 0.2) is 27.4 Å². The van der Waals surface area contributed by atoms with Gasteiger partial charge >= 0.3 is 11.6 Å². The third-order valence-corrected chi connectivity index (χ3v) is 4.95. The van der Waals surface area contributed by atoms with E-state index in [9.17, 15) is 14.4 Å². The van der Waals surface area contributed by atoms with Crippen LogP contribution in [0.1, 0.15) is 57.6 Å². The van der Waals surface area contributed by atoms with E-state index in [4.69, 9.17) is 14.3 Å². The molecule has 0 aliphatic heterocycles. The number of fused-ring (bicyclic) bond motifs is 1. The fraction of sp³-hybridized carbons (Fsp3) is 0.500. The summed E-state index contributed by atoms with van der Waals surface area (Å²) in [5, 5.41) is 12.1. The molecular weight excluding hydrogens is 374 g/mol. The quantitative estimate of drug-likeness (QED) is 0.464. The fourth-order valence-electron chi connectivity index (χ4n) is 3.12. The Kier molecular flexibility index (Phi) is 7.82. The van der Waals surface area contributed by atoms with E-state index < -0.39 is 24.0 Å². The van der Waals surface area contributed by atoms with E-state index in [2.05, 4.69) is 12.2 Å². The van der Waals surface area contributed by atoms with E-state index in [0.717, 1.165) is 36.6 Å². The molecule has 1 heterocycles. The van der Waals surface area contributed by atoms with E-state index in [0.29, 0.717) is 23.3 Å². The minimum absolute atomic E-state index is 0.343. The van der Waals surface area contributed by atoms with Crippen LogP contribution in [0.5, 0.6) is 5.75 Å². The fourth-order valence-corrected chi connectivity index (χ4v) is 3.12. The van der Waals surface area contributed by atoms with Crippen LogP contribution in [0.3, 0.4) is 0 Å². The van der Waals surface area contributed by atoms with Crippen LogP contribution >= 0.6 is 0 Å². The van der Waals surface area contributed by atoms with Gasteiger partial charge in [-0.1, -0.05) is 26.2 Å². The number of carbonyl (C=O) groups excluding carboxylic acids is 1. The molecule has 0 saturated heterocycles. The molecule has 7 nitrogen and oxygen atoms in total. The van der Waals surface area contributed by atoms with Gasteiger partial charge in [0.1, 0.15) is 17.4 Å². The Morgan fingerprint density at radius 2 is 1.93 bits per heavy atom. The lowest BCUT2D eigenvalue weighted by Crippen LogP contribution is -2.44. The average Bonchev–Trinajstić information content (AvgIpc) is 2.66. The number of amides is 1. The number of aryl methyl sites for hydroxylation is 1. The number of unbranched alkanes of at least 4 members (excludes halogenated alkanes) is 3. The number of aliphatic carboxylic acids is 1. The van der Waals surface area contributed by atoms with Gasteiger partial charge in [-0.2, -0.15) is 0 Å². The number of carbonyl (C=O) groups is 2. The summed E-state index contributed by atoms with van der Waals surface area (Å²) < 4.78 is 11.1. The SMILES string of the molecule is CCCCCCc1c(C)c2ccc(OC(C)C(=O)NC(C)C(=O)O)cc2oc1=O. The Balaban J connectivity index is 2.16. The number of ether oxygens (including phenoxy) is 1. The van der Waals surface area contributed by atoms with Gasteiger partial charge in [0.05, 0.1) is 0 Å². The summed E-state index contributed by atoms with van der Waals surface area (Å²) >= 11 is 0. The summed E-state index contributed by atoms with van der Waals surface area (Å²) in [4.78, 5) is 35.3. The first kappa shape index (κ1) is 22.5. The molecule has 29 heavy (non-hydrogen) atoms. The minimum Gasteiger partial charge on any atom is -0.481 e.